The molecule has 0 saturated heterocycles. The SMILES string of the molecule is COc1ccccc1NC(=O)c1ccc(NC(=O)C(C)Sc2ccc([N+](=O)[O-])cc2)cc1. The lowest BCUT2D eigenvalue weighted by Crippen LogP contribution is -2.22. The Hall–Kier alpha value is -3.85. The van der Waals surface area contributed by atoms with Crippen molar-refractivity contribution in [3.63, 3.8) is 0 Å². The van der Waals surface area contributed by atoms with Crippen LogP contribution in [0.3, 0.4) is 0 Å². The molecule has 8 nitrogen and oxygen atoms in total. The number of nitrogens with zero attached hydrogens (tertiary/aromatic N) is 1. The largest absolute Gasteiger partial charge is 0.495 e. The van der Waals surface area contributed by atoms with E-state index in [-0.39, 0.29) is 17.5 Å². The molecule has 0 aliphatic carbocycles. The maximum Gasteiger partial charge on any atom is 0.269 e. The van der Waals surface area contributed by atoms with Crippen LogP contribution in [0.4, 0.5) is 17.1 Å². The molecular formula is C23H21N3O5S. The maximum atomic E-state index is 12.5. The highest BCUT2D eigenvalue weighted by Gasteiger charge is 2.16. The van der Waals surface area contributed by atoms with Crippen LogP contribution in [0.25, 0.3) is 0 Å². The van der Waals surface area contributed by atoms with E-state index in [2.05, 4.69) is 10.6 Å². The van der Waals surface area contributed by atoms with Gasteiger partial charge in [0, 0.05) is 28.3 Å². The summed E-state index contributed by atoms with van der Waals surface area (Å²) in [5, 5.41) is 15.9. The second-order valence-corrected chi connectivity index (χ2v) is 8.15. The van der Waals surface area contributed by atoms with Crippen molar-refractivity contribution in [2.75, 3.05) is 17.7 Å². The first-order chi connectivity index (χ1) is 15.4. The van der Waals surface area contributed by atoms with E-state index < -0.39 is 10.2 Å². The second-order valence-electron chi connectivity index (χ2n) is 6.73. The van der Waals surface area contributed by atoms with E-state index in [0.29, 0.717) is 22.7 Å². The molecule has 0 fully saturated rings. The van der Waals surface area contributed by atoms with Gasteiger partial charge in [-0.25, -0.2) is 0 Å². The molecule has 2 amide bonds. The summed E-state index contributed by atoms with van der Waals surface area (Å²) < 4.78 is 5.23. The molecule has 2 N–H and O–H groups in total. The number of thioether (sulfide) groups is 1. The molecule has 0 aliphatic rings. The van der Waals surface area contributed by atoms with Gasteiger partial charge in [0.15, 0.2) is 0 Å². The van der Waals surface area contributed by atoms with Gasteiger partial charge in [0.25, 0.3) is 11.6 Å². The zero-order chi connectivity index (χ0) is 23.1. The molecule has 0 bridgehead atoms. The van der Waals surface area contributed by atoms with Crippen molar-refractivity contribution in [3.8, 4) is 5.75 Å². The van der Waals surface area contributed by atoms with E-state index in [1.165, 1.54) is 31.0 Å². The summed E-state index contributed by atoms with van der Waals surface area (Å²) >= 11 is 1.29. The minimum absolute atomic E-state index is 0.00119. The predicted octanol–water partition coefficient (Wildman–Crippen LogP) is 4.98. The number of rotatable bonds is 8. The van der Waals surface area contributed by atoms with E-state index in [9.17, 15) is 19.7 Å². The fourth-order valence-corrected chi connectivity index (χ4v) is 3.66. The Bertz CT molecular complexity index is 1120. The van der Waals surface area contributed by atoms with Gasteiger partial charge in [-0.15, -0.1) is 11.8 Å². The van der Waals surface area contributed by atoms with Gasteiger partial charge >= 0.3 is 0 Å². The van der Waals surface area contributed by atoms with Crippen LogP contribution in [0, 0.1) is 10.1 Å². The van der Waals surface area contributed by atoms with Crippen LogP contribution in [0.2, 0.25) is 0 Å². The molecule has 32 heavy (non-hydrogen) atoms. The maximum absolute atomic E-state index is 12.5. The molecule has 0 radical (unpaired) electrons. The Kier molecular flexibility index (Phi) is 7.45. The number of hydrogen-bond acceptors (Lipinski definition) is 6. The zero-order valence-corrected chi connectivity index (χ0v) is 18.2. The van der Waals surface area contributed by atoms with Crippen molar-refractivity contribution in [1.29, 1.82) is 0 Å². The topological polar surface area (TPSA) is 111 Å². The standard InChI is InChI=1S/C23H21N3O5S/c1-15(32-19-13-11-18(12-14-19)26(29)30)22(27)24-17-9-7-16(8-10-17)23(28)25-20-5-3-4-6-21(20)31-2/h3-15H,1-2H3,(H,24,27)(H,25,28). The van der Waals surface area contributed by atoms with Crippen molar-refractivity contribution in [3.05, 3.63) is 88.5 Å². The Morgan fingerprint density at radius 1 is 0.969 bits per heavy atom. The van der Waals surface area contributed by atoms with E-state index in [0.717, 1.165) is 4.90 Å². The molecule has 164 valence electrons. The smallest absolute Gasteiger partial charge is 0.269 e. The van der Waals surface area contributed by atoms with Crippen LogP contribution in [-0.4, -0.2) is 29.1 Å². The minimum atomic E-state index is -0.467. The molecule has 0 saturated carbocycles. The molecule has 3 aromatic carbocycles. The number of para-hydroxylation sites is 2. The Balaban J connectivity index is 1.57. The second kappa shape index (κ2) is 10.5. The molecule has 0 heterocycles. The number of methoxy groups -OCH3 is 1. The average Bonchev–Trinajstić information content (AvgIpc) is 2.80. The summed E-state index contributed by atoms with van der Waals surface area (Å²) in [5.41, 5.74) is 1.55. The number of benzene rings is 3. The van der Waals surface area contributed by atoms with Gasteiger partial charge in [-0.3, -0.25) is 19.7 Å². The number of ether oxygens (including phenoxy) is 1. The lowest BCUT2D eigenvalue weighted by molar-refractivity contribution is -0.384. The molecule has 1 atom stereocenters. The summed E-state index contributed by atoms with van der Waals surface area (Å²) in [5.74, 6) is 0.0401. The molecular weight excluding hydrogens is 430 g/mol. The Labute approximate surface area is 189 Å². The number of nitro groups is 1. The quantitative estimate of drug-likeness (QED) is 0.284. The third kappa shape index (κ3) is 5.86. The first-order valence-corrected chi connectivity index (χ1v) is 10.5. The van der Waals surface area contributed by atoms with E-state index >= 15 is 0 Å². The van der Waals surface area contributed by atoms with Gasteiger partial charge in [0.2, 0.25) is 5.91 Å². The summed E-state index contributed by atoms with van der Waals surface area (Å²) in [4.78, 5) is 36.0. The summed E-state index contributed by atoms with van der Waals surface area (Å²) in [6.07, 6.45) is 0. The van der Waals surface area contributed by atoms with Crippen molar-refractivity contribution in [2.24, 2.45) is 0 Å². The van der Waals surface area contributed by atoms with Crippen molar-refractivity contribution in [2.45, 2.75) is 17.1 Å². The van der Waals surface area contributed by atoms with Gasteiger partial charge in [0.1, 0.15) is 5.75 Å². The Morgan fingerprint density at radius 2 is 1.62 bits per heavy atom. The molecule has 0 spiro atoms. The number of hydrogen-bond donors (Lipinski definition) is 2. The minimum Gasteiger partial charge on any atom is -0.495 e. The van der Waals surface area contributed by atoms with Crippen LogP contribution >= 0.6 is 11.8 Å². The predicted molar refractivity (Wildman–Crippen MR) is 124 cm³/mol. The summed E-state index contributed by atoms with van der Waals surface area (Å²) in [6, 6.07) is 19.7. The van der Waals surface area contributed by atoms with Gasteiger partial charge in [0.05, 0.1) is 23.0 Å². The van der Waals surface area contributed by atoms with Crippen LogP contribution < -0.4 is 15.4 Å². The highest BCUT2D eigenvalue weighted by atomic mass is 32.2. The van der Waals surface area contributed by atoms with Crippen molar-refractivity contribution >= 4 is 40.6 Å². The first-order valence-electron chi connectivity index (χ1n) is 9.64. The highest BCUT2D eigenvalue weighted by molar-refractivity contribution is 8.00. The number of anilines is 2. The van der Waals surface area contributed by atoms with Crippen molar-refractivity contribution in [1.82, 2.24) is 0 Å². The summed E-state index contributed by atoms with van der Waals surface area (Å²) in [6.45, 7) is 1.75. The number of nitrogens with one attached hydrogen (secondary N) is 2. The monoisotopic (exact) mass is 451 g/mol. The normalized spacial score (nSPS) is 11.3. The van der Waals surface area contributed by atoms with Crippen LogP contribution in [0.5, 0.6) is 5.75 Å². The lowest BCUT2D eigenvalue weighted by atomic mass is 10.2. The number of carbonyl (C=O) groups excluding carboxylic acids is 2. The fraction of sp³-hybridized carbons (Fsp3) is 0.130. The lowest BCUT2D eigenvalue weighted by Gasteiger charge is -2.13. The van der Waals surface area contributed by atoms with Gasteiger partial charge < -0.3 is 15.4 Å². The van der Waals surface area contributed by atoms with Gasteiger partial charge in [-0.1, -0.05) is 12.1 Å². The molecule has 0 aliphatic heterocycles. The average molecular weight is 452 g/mol. The molecule has 9 heteroatoms. The fourth-order valence-electron chi connectivity index (χ4n) is 2.80. The molecule has 0 aromatic heterocycles. The highest BCUT2D eigenvalue weighted by Crippen LogP contribution is 2.27. The molecule has 3 rings (SSSR count). The van der Waals surface area contributed by atoms with Crippen LogP contribution in [0.15, 0.2) is 77.7 Å². The number of carbonyl (C=O) groups is 2. The number of amides is 2. The van der Waals surface area contributed by atoms with Crippen LogP contribution in [0.1, 0.15) is 17.3 Å². The molecule has 3 aromatic rings. The van der Waals surface area contributed by atoms with Gasteiger partial charge in [-0.05, 0) is 55.5 Å². The van der Waals surface area contributed by atoms with Crippen molar-refractivity contribution < 1.29 is 19.2 Å². The zero-order valence-electron chi connectivity index (χ0n) is 17.4. The number of non-ortho nitro benzene ring substituents is 1. The third-order valence-corrected chi connectivity index (χ3v) is 5.61. The Morgan fingerprint density at radius 3 is 2.25 bits per heavy atom. The summed E-state index contributed by atoms with van der Waals surface area (Å²) in [7, 11) is 1.53. The van der Waals surface area contributed by atoms with E-state index in [4.69, 9.17) is 4.74 Å². The van der Waals surface area contributed by atoms with E-state index in [1.807, 2.05) is 6.07 Å². The van der Waals surface area contributed by atoms with Crippen LogP contribution in [-0.2, 0) is 4.79 Å². The molecule has 1 unspecified atom stereocenters. The first kappa shape index (κ1) is 22.8. The number of nitro benzene ring substituents is 1. The third-order valence-electron chi connectivity index (χ3n) is 4.50. The van der Waals surface area contributed by atoms with Gasteiger partial charge in [-0.2, -0.15) is 0 Å². The van der Waals surface area contributed by atoms with E-state index in [1.54, 1.807) is 61.5 Å².